The summed E-state index contributed by atoms with van der Waals surface area (Å²) in [5.41, 5.74) is 9.65. The van der Waals surface area contributed by atoms with E-state index in [2.05, 4.69) is 10.2 Å². The second-order valence-corrected chi connectivity index (χ2v) is 7.69. The number of rotatable bonds is 7. The van der Waals surface area contributed by atoms with Gasteiger partial charge in [-0.05, 0) is 61.6 Å². The molecule has 1 heterocycles. The molecule has 1 fully saturated rings. The summed E-state index contributed by atoms with van der Waals surface area (Å²) < 4.78 is 5.64. The lowest BCUT2D eigenvalue weighted by molar-refractivity contribution is -0.123. The number of carbonyl (C=O) groups is 2. The summed E-state index contributed by atoms with van der Waals surface area (Å²) in [7, 11) is 0. The summed E-state index contributed by atoms with van der Waals surface area (Å²) in [5, 5.41) is 2.89. The van der Waals surface area contributed by atoms with Gasteiger partial charge < -0.3 is 20.7 Å². The van der Waals surface area contributed by atoms with Gasteiger partial charge in [-0.25, -0.2) is 0 Å². The standard InChI is InChI=1S/C23H29N3O3/c1-16-5-6-17(2)21(12-16)29-15-22(27)25-13-18-7-9-20(10-8-18)26-11-3-4-19(14-26)23(24)28/h5-10,12,19H,3-4,11,13-15H2,1-2H3,(H2,24,28)(H,25,27). The molecule has 2 aromatic carbocycles. The van der Waals surface area contributed by atoms with Crippen LogP contribution in [0.1, 0.15) is 29.5 Å². The van der Waals surface area contributed by atoms with Crippen molar-refractivity contribution in [1.82, 2.24) is 5.32 Å². The third kappa shape index (κ3) is 5.73. The van der Waals surface area contributed by atoms with Crippen LogP contribution in [-0.4, -0.2) is 31.5 Å². The normalized spacial score (nSPS) is 16.3. The Morgan fingerprint density at radius 1 is 1.17 bits per heavy atom. The predicted molar refractivity (Wildman–Crippen MR) is 114 cm³/mol. The Morgan fingerprint density at radius 3 is 2.66 bits per heavy atom. The summed E-state index contributed by atoms with van der Waals surface area (Å²) in [6.45, 7) is 5.98. The lowest BCUT2D eigenvalue weighted by Crippen LogP contribution is -2.41. The highest BCUT2D eigenvalue weighted by molar-refractivity contribution is 5.78. The first kappa shape index (κ1) is 20.7. The van der Waals surface area contributed by atoms with E-state index in [1.54, 1.807) is 0 Å². The number of hydrogen-bond donors (Lipinski definition) is 2. The number of nitrogens with zero attached hydrogens (tertiary/aromatic N) is 1. The number of hydrogen-bond acceptors (Lipinski definition) is 4. The molecule has 0 radical (unpaired) electrons. The molecule has 29 heavy (non-hydrogen) atoms. The highest BCUT2D eigenvalue weighted by Gasteiger charge is 2.24. The molecule has 1 aliphatic rings. The van der Waals surface area contributed by atoms with Crippen molar-refractivity contribution >= 4 is 17.5 Å². The molecule has 1 saturated heterocycles. The number of aryl methyl sites for hydroxylation is 2. The lowest BCUT2D eigenvalue weighted by Gasteiger charge is -2.33. The molecule has 3 rings (SSSR count). The van der Waals surface area contributed by atoms with Gasteiger partial charge in [0.15, 0.2) is 6.61 Å². The number of nitrogens with two attached hydrogens (primary N) is 1. The number of anilines is 1. The molecule has 0 aromatic heterocycles. The van der Waals surface area contributed by atoms with Crippen LogP contribution in [0.25, 0.3) is 0 Å². The monoisotopic (exact) mass is 395 g/mol. The van der Waals surface area contributed by atoms with Crippen LogP contribution in [0.3, 0.4) is 0 Å². The molecule has 6 nitrogen and oxygen atoms in total. The van der Waals surface area contributed by atoms with Gasteiger partial charge in [-0.1, -0.05) is 24.3 Å². The highest BCUT2D eigenvalue weighted by Crippen LogP contribution is 2.23. The van der Waals surface area contributed by atoms with E-state index < -0.39 is 0 Å². The fourth-order valence-electron chi connectivity index (χ4n) is 3.53. The van der Waals surface area contributed by atoms with Crippen molar-refractivity contribution in [3.8, 4) is 5.75 Å². The average molecular weight is 396 g/mol. The zero-order valence-corrected chi connectivity index (χ0v) is 17.1. The third-order valence-electron chi connectivity index (χ3n) is 5.32. The minimum absolute atomic E-state index is 0.00927. The van der Waals surface area contributed by atoms with Crippen LogP contribution in [0, 0.1) is 19.8 Å². The molecule has 1 aliphatic heterocycles. The van der Waals surface area contributed by atoms with Gasteiger partial charge in [-0.15, -0.1) is 0 Å². The number of benzene rings is 2. The molecular formula is C23H29N3O3. The van der Waals surface area contributed by atoms with Crippen molar-refractivity contribution in [2.75, 3.05) is 24.6 Å². The summed E-state index contributed by atoms with van der Waals surface area (Å²) in [5.74, 6) is 0.271. The van der Waals surface area contributed by atoms with Gasteiger partial charge >= 0.3 is 0 Å². The summed E-state index contributed by atoms with van der Waals surface area (Å²) in [4.78, 5) is 25.8. The molecule has 0 spiro atoms. The van der Waals surface area contributed by atoms with Gasteiger partial charge in [0.25, 0.3) is 5.91 Å². The highest BCUT2D eigenvalue weighted by atomic mass is 16.5. The molecule has 1 atom stereocenters. The maximum Gasteiger partial charge on any atom is 0.258 e. The number of carbonyl (C=O) groups excluding carboxylic acids is 2. The Morgan fingerprint density at radius 2 is 1.93 bits per heavy atom. The van der Waals surface area contributed by atoms with Crippen LogP contribution in [0.5, 0.6) is 5.75 Å². The average Bonchev–Trinajstić information content (AvgIpc) is 2.73. The topological polar surface area (TPSA) is 84.7 Å². The number of primary amides is 1. The van der Waals surface area contributed by atoms with Gasteiger partial charge in [0.05, 0.1) is 5.92 Å². The lowest BCUT2D eigenvalue weighted by atomic mass is 9.97. The number of nitrogens with one attached hydrogen (secondary N) is 1. The van der Waals surface area contributed by atoms with E-state index in [0.29, 0.717) is 13.1 Å². The van der Waals surface area contributed by atoms with Gasteiger partial charge in [-0.3, -0.25) is 9.59 Å². The first-order chi connectivity index (χ1) is 13.9. The number of ether oxygens (including phenoxy) is 1. The molecule has 0 saturated carbocycles. The zero-order chi connectivity index (χ0) is 20.8. The molecule has 2 aromatic rings. The SMILES string of the molecule is Cc1ccc(C)c(OCC(=O)NCc2ccc(N3CCCC(C(N)=O)C3)cc2)c1. The van der Waals surface area contributed by atoms with Crippen molar-refractivity contribution in [2.45, 2.75) is 33.2 Å². The van der Waals surface area contributed by atoms with Crippen LogP contribution < -0.4 is 20.7 Å². The molecule has 2 amide bonds. The van der Waals surface area contributed by atoms with Crippen molar-refractivity contribution in [1.29, 1.82) is 0 Å². The first-order valence-corrected chi connectivity index (χ1v) is 10.0. The predicted octanol–water partition coefficient (Wildman–Crippen LogP) is 2.70. The molecule has 0 aliphatic carbocycles. The smallest absolute Gasteiger partial charge is 0.258 e. The third-order valence-corrected chi connectivity index (χ3v) is 5.32. The van der Waals surface area contributed by atoms with Crippen LogP contribution in [0.15, 0.2) is 42.5 Å². The minimum Gasteiger partial charge on any atom is -0.483 e. The minimum atomic E-state index is -0.225. The summed E-state index contributed by atoms with van der Waals surface area (Å²) >= 11 is 0. The molecular weight excluding hydrogens is 366 g/mol. The van der Waals surface area contributed by atoms with Crippen molar-refractivity contribution in [2.24, 2.45) is 11.7 Å². The van der Waals surface area contributed by atoms with Crippen LogP contribution in [0.2, 0.25) is 0 Å². The van der Waals surface area contributed by atoms with Crippen molar-refractivity contribution in [3.63, 3.8) is 0 Å². The van der Waals surface area contributed by atoms with E-state index >= 15 is 0 Å². The van der Waals surface area contributed by atoms with E-state index in [0.717, 1.165) is 47.5 Å². The Hall–Kier alpha value is -3.02. The molecule has 3 N–H and O–H groups in total. The molecule has 1 unspecified atom stereocenters. The van der Waals surface area contributed by atoms with E-state index in [-0.39, 0.29) is 24.3 Å². The second kappa shape index (κ2) is 9.45. The van der Waals surface area contributed by atoms with Crippen LogP contribution in [-0.2, 0) is 16.1 Å². The van der Waals surface area contributed by atoms with Crippen molar-refractivity contribution < 1.29 is 14.3 Å². The van der Waals surface area contributed by atoms with E-state index in [4.69, 9.17) is 10.5 Å². The maximum atomic E-state index is 12.1. The number of piperidine rings is 1. The van der Waals surface area contributed by atoms with Gasteiger partial charge in [0.1, 0.15) is 5.75 Å². The van der Waals surface area contributed by atoms with Crippen LogP contribution >= 0.6 is 0 Å². The maximum absolute atomic E-state index is 12.1. The van der Waals surface area contributed by atoms with Gasteiger partial charge in [0, 0.05) is 25.3 Å². The Balaban J connectivity index is 1.48. The van der Waals surface area contributed by atoms with Gasteiger partial charge in [-0.2, -0.15) is 0 Å². The largest absolute Gasteiger partial charge is 0.483 e. The fourth-order valence-corrected chi connectivity index (χ4v) is 3.53. The van der Waals surface area contributed by atoms with Crippen molar-refractivity contribution in [3.05, 3.63) is 59.2 Å². The Bertz CT molecular complexity index is 864. The summed E-state index contributed by atoms with van der Waals surface area (Å²) in [6.07, 6.45) is 1.83. The van der Waals surface area contributed by atoms with E-state index in [1.165, 1.54) is 0 Å². The first-order valence-electron chi connectivity index (χ1n) is 10.0. The molecule has 6 heteroatoms. The number of amides is 2. The Labute approximate surface area is 172 Å². The second-order valence-electron chi connectivity index (χ2n) is 7.69. The van der Waals surface area contributed by atoms with Crippen LogP contribution in [0.4, 0.5) is 5.69 Å². The van der Waals surface area contributed by atoms with Gasteiger partial charge in [0.2, 0.25) is 5.91 Å². The fraction of sp³-hybridized carbons (Fsp3) is 0.391. The zero-order valence-electron chi connectivity index (χ0n) is 17.1. The van der Waals surface area contributed by atoms with E-state index in [9.17, 15) is 9.59 Å². The van der Waals surface area contributed by atoms with E-state index in [1.807, 2.05) is 56.3 Å². The quantitative estimate of drug-likeness (QED) is 0.755. The summed E-state index contributed by atoms with van der Waals surface area (Å²) in [6, 6.07) is 14.0. The Kier molecular flexibility index (Phi) is 6.75. The molecule has 0 bridgehead atoms. The molecule has 154 valence electrons.